The largest absolute Gasteiger partial charge is 0.339 e. The van der Waals surface area contributed by atoms with E-state index < -0.39 is 0 Å². The van der Waals surface area contributed by atoms with Crippen molar-refractivity contribution in [3.63, 3.8) is 0 Å². The van der Waals surface area contributed by atoms with E-state index in [1.807, 2.05) is 0 Å². The minimum Gasteiger partial charge on any atom is -0.339 e. The van der Waals surface area contributed by atoms with E-state index in [1.54, 1.807) is 0 Å². The predicted molar refractivity (Wildman–Crippen MR) is 51.5 cm³/mol. The molecule has 2 heterocycles. The average Bonchev–Trinajstić information content (AvgIpc) is 2.67. The molecule has 0 spiro atoms. The van der Waals surface area contributed by atoms with Gasteiger partial charge in [0.2, 0.25) is 5.89 Å². The minimum atomic E-state index is 0.349. The first-order valence-electron chi connectivity index (χ1n) is 5.13. The van der Waals surface area contributed by atoms with Crippen LogP contribution in [0.25, 0.3) is 0 Å². The van der Waals surface area contributed by atoms with E-state index in [-0.39, 0.29) is 0 Å². The Bertz CT molecular complexity index is 280. The van der Waals surface area contributed by atoms with Gasteiger partial charge in [-0.05, 0) is 19.4 Å². The van der Waals surface area contributed by atoms with Gasteiger partial charge in [-0.25, -0.2) is 0 Å². The summed E-state index contributed by atoms with van der Waals surface area (Å²) in [5, 5.41) is 7.20. The van der Waals surface area contributed by atoms with Crippen LogP contribution < -0.4 is 11.1 Å². The number of aromatic nitrogens is 2. The van der Waals surface area contributed by atoms with Crippen LogP contribution in [0.5, 0.6) is 0 Å². The van der Waals surface area contributed by atoms with Gasteiger partial charge in [0.15, 0.2) is 5.82 Å². The third-order valence-corrected chi connectivity index (χ3v) is 2.53. The smallest absolute Gasteiger partial charge is 0.228 e. The van der Waals surface area contributed by atoms with Crippen LogP contribution in [-0.2, 0) is 13.0 Å². The highest BCUT2D eigenvalue weighted by molar-refractivity contribution is 4.89. The van der Waals surface area contributed by atoms with Crippen LogP contribution in [0.1, 0.15) is 31.0 Å². The summed E-state index contributed by atoms with van der Waals surface area (Å²) in [5.74, 6) is 1.29. The fourth-order valence-electron chi connectivity index (χ4n) is 1.76. The van der Waals surface area contributed by atoms with Crippen LogP contribution in [0.15, 0.2) is 4.52 Å². The molecule has 1 atom stereocenters. The van der Waals surface area contributed by atoms with Crippen LogP contribution in [-0.4, -0.2) is 22.7 Å². The zero-order chi connectivity index (χ0) is 9.80. The van der Waals surface area contributed by atoms with Gasteiger partial charge in [-0.3, -0.25) is 0 Å². The Balaban J connectivity index is 1.89. The van der Waals surface area contributed by atoms with E-state index in [9.17, 15) is 0 Å². The van der Waals surface area contributed by atoms with Crippen LogP contribution in [0.2, 0.25) is 0 Å². The molecule has 1 aromatic rings. The summed E-state index contributed by atoms with van der Waals surface area (Å²) < 4.78 is 5.08. The molecule has 1 fully saturated rings. The maximum Gasteiger partial charge on any atom is 0.228 e. The van der Waals surface area contributed by atoms with Crippen molar-refractivity contribution in [1.82, 2.24) is 15.5 Å². The number of nitrogens with one attached hydrogen (secondary N) is 1. The Morgan fingerprint density at radius 1 is 1.50 bits per heavy atom. The van der Waals surface area contributed by atoms with E-state index in [1.165, 1.54) is 19.3 Å². The van der Waals surface area contributed by atoms with Crippen molar-refractivity contribution in [3.8, 4) is 0 Å². The molecule has 1 aromatic heterocycles. The maximum atomic E-state index is 5.40. The second-order valence-corrected chi connectivity index (χ2v) is 3.66. The quantitative estimate of drug-likeness (QED) is 0.722. The Labute approximate surface area is 83.1 Å². The second kappa shape index (κ2) is 4.52. The number of nitrogens with zero attached hydrogens (tertiary/aromatic N) is 2. The van der Waals surface area contributed by atoms with Crippen molar-refractivity contribution in [2.45, 2.75) is 38.3 Å². The molecule has 1 unspecified atom stereocenters. The maximum absolute atomic E-state index is 5.40. The van der Waals surface area contributed by atoms with Gasteiger partial charge in [-0.1, -0.05) is 11.6 Å². The van der Waals surface area contributed by atoms with Gasteiger partial charge in [0, 0.05) is 12.5 Å². The minimum absolute atomic E-state index is 0.349. The number of rotatable bonds is 3. The summed E-state index contributed by atoms with van der Waals surface area (Å²) in [6.07, 6.45) is 4.58. The van der Waals surface area contributed by atoms with Crippen molar-refractivity contribution in [2.75, 3.05) is 6.54 Å². The highest BCUT2D eigenvalue weighted by Gasteiger charge is 2.16. The summed E-state index contributed by atoms with van der Waals surface area (Å²) in [6, 6.07) is 0.495. The van der Waals surface area contributed by atoms with E-state index >= 15 is 0 Å². The van der Waals surface area contributed by atoms with Gasteiger partial charge in [0.25, 0.3) is 0 Å². The van der Waals surface area contributed by atoms with E-state index in [0.29, 0.717) is 24.3 Å². The Morgan fingerprint density at radius 2 is 2.43 bits per heavy atom. The molecule has 2 rings (SSSR count). The van der Waals surface area contributed by atoms with Gasteiger partial charge >= 0.3 is 0 Å². The van der Waals surface area contributed by atoms with E-state index in [2.05, 4.69) is 15.5 Å². The molecular formula is C9H16N4O. The fourth-order valence-corrected chi connectivity index (χ4v) is 1.76. The summed E-state index contributed by atoms with van der Waals surface area (Å²) >= 11 is 0. The Hall–Kier alpha value is -0.940. The van der Waals surface area contributed by atoms with Gasteiger partial charge < -0.3 is 15.6 Å². The summed E-state index contributed by atoms with van der Waals surface area (Å²) in [5.41, 5.74) is 5.40. The Morgan fingerprint density at radius 3 is 3.07 bits per heavy atom. The van der Waals surface area contributed by atoms with Gasteiger partial charge in [0.05, 0.1) is 6.54 Å². The number of hydrogen-bond acceptors (Lipinski definition) is 5. The van der Waals surface area contributed by atoms with Crippen molar-refractivity contribution >= 4 is 0 Å². The first-order valence-corrected chi connectivity index (χ1v) is 5.13. The van der Waals surface area contributed by atoms with Gasteiger partial charge in [0.1, 0.15) is 0 Å². The summed E-state index contributed by atoms with van der Waals surface area (Å²) in [4.78, 5) is 4.18. The number of piperidine rings is 1. The van der Waals surface area contributed by atoms with Crippen LogP contribution >= 0.6 is 0 Å². The molecule has 14 heavy (non-hydrogen) atoms. The zero-order valence-electron chi connectivity index (χ0n) is 8.20. The molecule has 0 saturated carbocycles. The van der Waals surface area contributed by atoms with Crippen molar-refractivity contribution < 1.29 is 4.52 Å². The first-order chi connectivity index (χ1) is 6.88. The number of nitrogens with two attached hydrogens (primary N) is 1. The van der Waals surface area contributed by atoms with Crippen molar-refractivity contribution in [2.24, 2.45) is 5.73 Å². The molecule has 1 saturated heterocycles. The standard InChI is InChI=1S/C9H16N4O/c10-6-8-12-9(14-13-8)5-7-3-1-2-4-11-7/h7,11H,1-6,10H2. The third kappa shape index (κ3) is 2.30. The Kier molecular flexibility index (Phi) is 3.10. The second-order valence-electron chi connectivity index (χ2n) is 3.66. The molecule has 1 aliphatic rings. The molecule has 3 N–H and O–H groups in total. The lowest BCUT2D eigenvalue weighted by molar-refractivity contribution is 0.329. The lowest BCUT2D eigenvalue weighted by Gasteiger charge is -2.21. The molecule has 0 radical (unpaired) electrons. The molecule has 78 valence electrons. The molecular weight excluding hydrogens is 180 g/mol. The third-order valence-electron chi connectivity index (χ3n) is 2.53. The molecule has 0 aromatic carbocycles. The van der Waals surface area contributed by atoms with E-state index in [4.69, 9.17) is 10.3 Å². The normalized spacial score (nSPS) is 22.5. The first kappa shape index (κ1) is 9.61. The molecule has 0 aliphatic carbocycles. The van der Waals surface area contributed by atoms with Crippen LogP contribution in [0.3, 0.4) is 0 Å². The zero-order valence-corrected chi connectivity index (χ0v) is 8.20. The molecule has 0 bridgehead atoms. The van der Waals surface area contributed by atoms with Crippen LogP contribution in [0.4, 0.5) is 0 Å². The monoisotopic (exact) mass is 196 g/mol. The lowest BCUT2D eigenvalue weighted by atomic mass is 10.0. The van der Waals surface area contributed by atoms with Gasteiger partial charge in [-0.2, -0.15) is 4.98 Å². The molecule has 0 amide bonds. The SMILES string of the molecule is NCc1noc(CC2CCCCN2)n1. The summed E-state index contributed by atoms with van der Waals surface area (Å²) in [7, 11) is 0. The topological polar surface area (TPSA) is 77.0 Å². The van der Waals surface area contributed by atoms with Gasteiger partial charge in [-0.15, -0.1) is 0 Å². The molecule has 1 aliphatic heterocycles. The predicted octanol–water partition coefficient (Wildman–Crippen LogP) is 0.213. The molecule has 5 nitrogen and oxygen atoms in total. The highest BCUT2D eigenvalue weighted by atomic mass is 16.5. The van der Waals surface area contributed by atoms with E-state index in [0.717, 1.165) is 13.0 Å². The lowest BCUT2D eigenvalue weighted by Crippen LogP contribution is -2.35. The van der Waals surface area contributed by atoms with Crippen LogP contribution in [0, 0.1) is 0 Å². The average molecular weight is 196 g/mol. The van der Waals surface area contributed by atoms with Crippen molar-refractivity contribution in [3.05, 3.63) is 11.7 Å². The molecule has 5 heteroatoms. The highest BCUT2D eigenvalue weighted by Crippen LogP contribution is 2.11. The fraction of sp³-hybridized carbons (Fsp3) is 0.778. The number of hydrogen-bond donors (Lipinski definition) is 2. The van der Waals surface area contributed by atoms with Crippen molar-refractivity contribution in [1.29, 1.82) is 0 Å². The summed E-state index contributed by atoms with van der Waals surface area (Å²) in [6.45, 7) is 1.45.